The van der Waals surface area contributed by atoms with E-state index in [4.69, 9.17) is 4.74 Å². The smallest absolute Gasteiger partial charge is 0.336 e. The summed E-state index contributed by atoms with van der Waals surface area (Å²) < 4.78 is 5.87. The van der Waals surface area contributed by atoms with E-state index in [9.17, 15) is 9.90 Å². The molecule has 108 valence electrons. The van der Waals surface area contributed by atoms with Crippen molar-refractivity contribution in [3.05, 3.63) is 53.1 Å². The Kier molecular flexibility index (Phi) is 3.01. The van der Waals surface area contributed by atoms with Crippen molar-refractivity contribution < 1.29 is 14.6 Å². The van der Waals surface area contributed by atoms with E-state index in [1.165, 1.54) is 0 Å². The molecule has 2 aromatic rings. The fourth-order valence-electron chi connectivity index (χ4n) is 2.86. The lowest BCUT2D eigenvalue weighted by atomic mass is 9.94. The van der Waals surface area contributed by atoms with Crippen LogP contribution in [-0.4, -0.2) is 16.7 Å². The summed E-state index contributed by atoms with van der Waals surface area (Å²) in [6.45, 7) is 6.08. The average molecular weight is 282 g/mol. The van der Waals surface area contributed by atoms with Crippen molar-refractivity contribution >= 4 is 5.97 Å². The largest absolute Gasteiger partial charge is 0.487 e. The van der Waals surface area contributed by atoms with Crippen molar-refractivity contribution in [1.29, 1.82) is 0 Å². The highest BCUT2D eigenvalue weighted by Gasteiger charge is 2.30. The highest BCUT2D eigenvalue weighted by atomic mass is 16.5. The van der Waals surface area contributed by atoms with Crippen LogP contribution in [0.25, 0.3) is 11.1 Å². The van der Waals surface area contributed by atoms with Gasteiger partial charge in [0.1, 0.15) is 11.4 Å². The third-order valence-corrected chi connectivity index (χ3v) is 3.78. The number of carbonyl (C=O) groups is 1. The van der Waals surface area contributed by atoms with Crippen molar-refractivity contribution in [3.8, 4) is 16.9 Å². The summed E-state index contributed by atoms with van der Waals surface area (Å²) in [6.07, 6.45) is 0.838. The summed E-state index contributed by atoms with van der Waals surface area (Å²) in [5.74, 6) is -0.00430. The lowest BCUT2D eigenvalue weighted by Crippen LogP contribution is -2.24. The van der Waals surface area contributed by atoms with Crippen LogP contribution in [0.4, 0.5) is 0 Å². The monoisotopic (exact) mass is 282 g/mol. The molecule has 21 heavy (non-hydrogen) atoms. The van der Waals surface area contributed by atoms with Gasteiger partial charge in [-0.3, -0.25) is 0 Å². The summed E-state index contributed by atoms with van der Waals surface area (Å²) in [5, 5.41) is 9.37. The molecule has 0 aromatic heterocycles. The first-order valence-corrected chi connectivity index (χ1v) is 7.02. The van der Waals surface area contributed by atoms with Gasteiger partial charge in [0.15, 0.2) is 0 Å². The van der Waals surface area contributed by atoms with E-state index >= 15 is 0 Å². The first-order chi connectivity index (χ1) is 9.85. The molecule has 0 unspecified atom stereocenters. The van der Waals surface area contributed by atoms with Crippen LogP contribution < -0.4 is 4.74 Å². The van der Waals surface area contributed by atoms with Gasteiger partial charge in [0.05, 0.1) is 5.56 Å². The van der Waals surface area contributed by atoms with Crippen LogP contribution in [-0.2, 0) is 6.42 Å². The van der Waals surface area contributed by atoms with Crippen molar-refractivity contribution in [3.63, 3.8) is 0 Å². The van der Waals surface area contributed by atoms with E-state index in [0.29, 0.717) is 5.56 Å². The van der Waals surface area contributed by atoms with E-state index in [2.05, 4.69) is 13.8 Å². The predicted molar refractivity (Wildman–Crippen MR) is 82.0 cm³/mol. The van der Waals surface area contributed by atoms with Crippen LogP contribution in [0.3, 0.4) is 0 Å². The number of fused-ring (bicyclic) bond motifs is 1. The van der Waals surface area contributed by atoms with Gasteiger partial charge in [0.25, 0.3) is 0 Å². The second-order valence-electron chi connectivity index (χ2n) is 6.22. The number of aryl methyl sites for hydroxylation is 1. The Morgan fingerprint density at radius 2 is 1.95 bits per heavy atom. The lowest BCUT2D eigenvalue weighted by Gasteiger charge is -2.16. The maximum Gasteiger partial charge on any atom is 0.336 e. The lowest BCUT2D eigenvalue weighted by molar-refractivity contribution is 0.0697. The number of carboxylic acids is 1. The SMILES string of the molecule is Cc1ccc(C(=O)O)c(-c2ccc3c(c2)CC(C)(C)O3)c1. The molecular weight excluding hydrogens is 264 g/mol. The van der Waals surface area contributed by atoms with E-state index in [1.54, 1.807) is 6.07 Å². The molecule has 0 bridgehead atoms. The van der Waals surface area contributed by atoms with Gasteiger partial charge in [-0.05, 0) is 55.7 Å². The normalized spacial score (nSPS) is 15.4. The Morgan fingerprint density at radius 1 is 1.19 bits per heavy atom. The minimum Gasteiger partial charge on any atom is -0.487 e. The molecule has 0 radical (unpaired) electrons. The topological polar surface area (TPSA) is 46.5 Å². The number of hydrogen-bond acceptors (Lipinski definition) is 2. The van der Waals surface area contributed by atoms with Gasteiger partial charge in [0, 0.05) is 6.42 Å². The Morgan fingerprint density at radius 3 is 2.67 bits per heavy atom. The number of carboxylic acid groups (broad SMARTS) is 1. The van der Waals surface area contributed by atoms with Crippen molar-refractivity contribution in [2.75, 3.05) is 0 Å². The Balaban J connectivity index is 2.11. The number of aromatic carboxylic acids is 1. The molecule has 0 saturated carbocycles. The minimum atomic E-state index is -0.901. The van der Waals surface area contributed by atoms with Crippen molar-refractivity contribution in [1.82, 2.24) is 0 Å². The van der Waals surface area contributed by atoms with Gasteiger partial charge >= 0.3 is 5.97 Å². The van der Waals surface area contributed by atoms with Crippen molar-refractivity contribution in [2.24, 2.45) is 0 Å². The Hall–Kier alpha value is -2.29. The van der Waals surface area contributed by atoms with Gasteiger partial charge in [-0.15, -0.1) is 0 Å². The van der Waals surface area contributed by atoms with Gasteiger partial charge in [-0.25, -0.2) is 4.79 Å². The maximum atomic E-state index is 11.4. The van der Waals surface area contributed by atoms with E-state index in [-0.39, 0.29) is 5.60 Å². The molecule has 1 aliphatic rings. The predicted octanol–water partition coefficient (Wildman–Crippen LogP) is 4.07. The van der Waals surface area contributed by atoms with Crippen LogP contribution >= 0.6 is 0 Å². The molecule has 3 rings (SSSR count). The zero-order valence-corrected chi connectivity index (χ0v) is 12.4. The van der Waals surface area contributed by atoms with Crippen LogP contribution in [0.2, 0.25) is 0 Å². The highest BCUT2D eigenvalue weighted by molar-refractivity contribution is 5.96. The van der Waals surface area contributed by atoms with Gasteiger partial charge < -0.3 is 9.84 Å². The summed E-state index contributed by atoms with van der Waals surface area (Å²) in [5.41, 5.74) is 4.01. The molecule has 0 spiro atoms. The van der Waals surface area contributed by atoms with Gasteiger partial charge in [0.2, 0.25) is 0 Å². The van der Waals surface area contributed by atoms with Gasteiger partial charge in [-0.1, -0.05) is 23.8 Å². The Bertz CT molecular complexity index is 729. The van der Waals surface area contributed by atoms with Gasteiger partial charge in [-0.2, -0.15) is 0 Å². The minimum absolute atomic E-state index is 0.191. The maximum absolute atomic E-state index is 11.4. The number of benzene rings is 2. The zero-order valence-electron chi connectivity index (χ0n) is 12.4. The molecule has 0 amide bonds. The first-order valence-electron chi connectivity index (χ1n) is 7.02. The van der Waals surface area contributed by atoms with Crippen LogP contribution in [0.5, 0.6) is 5.75 Å². The molecule has 2 aromatic carbocycles. The second-order valence-corrected chi connectivity index (χ2v) is 6.22. The summed E-state index contributed by atoms with van der Waals surface area (Å²) in [4.78, 5) is 11.4. The van der Waals surface area contributed by atoms with Crippen LogP contribution in [0.15, 0.2) is 36.4 Å². The molecule has 0 saturated heterocycles. The summed E-state index contributed by atoms with van der Waals surface area (Å²) in [6, 6.07) is 11.3. The van der Waals surface area contributed by atoms with Crippen molar-refractivity contribution in [2.45, 2.75) is 32.8 Å². The molecule has 1 N–H and O–H groups in total. The number of ether oxygens (including phenoxy) is 1. The van der Waals surface area contributed by atoms with Crippen LogP contribution in [0, 0.1) is 6.92 Å². The zero-order chi connectivity index (χ0) is 15.2. The fourth-order valence-corrected chi connectivity index (χ4v) is 2.86. The molecule has 1 heterocycles. The Labute approximate surface area is 124 Å². The average Bonchev–Trinajstić information content (AvgIpc) is 2.70. The quantitative estimate of drug-likeness (QED) is 0.903. The molecule has 3 heteroatoms. The fraction of sp³-hybridized carbons (Fsp3) is 0.278. The van der Waals surface area contributed by atoms with E-state index < -0.39 is 5.97 Å². The standard InChI is InChI=1S/C18H18O3/c1-11-4-6-14(17(19)20)15(8-11)12-5-7-16-13(9-12)10-18(2,3)21-16/h4-9H,10H2,1-3H3,(H,19,20). The molecule has 0 fully saturated rings. The second kappa shape index (κ2) is 4.62. The molecule has 3 nitrogen and oxygen atoms in total. The molecule has 1 aliphatic heterocycles. The summed E-state index contributed by atoms with van der Waals surface area (Å²) >= 11 is 0. The number of rotatable bonds is 2. The van der Waals surface area contributed by atoms with E-state index in [1.807, 2.05) is 37.3 Å². The highest BCUT2D eigenvalue weighted by Crippen LogP contribution is 2.38. The molecule has 0 atom stereocenters. The molecule has 0 aliphatic carbocycles. The third-order valence-electron chi connectivity index (χ3n) is 3.78. The number of hydrogen-bond donors (Lipinski definition) is 1. The summed E-state index contributed by atoms with van der Waals surface area (Å²) in [7, 11) is 0. The van der Waals surface area contributed by atoms with E-state index in [0.717, 1.165) is 34.4 Å². The third kappa shape index (κ3) is 2.51. The first kappa shape index (κ1) is 13.7. The van der Waals surface area contributed by atoms with Crippen LogP contribution in [0.1, 0.15) is 35.3 Å². The molecular formula is C18H18O3.